The number of sulfonamides is 1. The summed E-state index contributed by atoms with van der Waals surface area (Å²) in [5, 5.41) is 0. The van der Waals surface area contributed by atoms with Crippen LogP contribution in [0.3, 0.4) is 0 Å². The molecule has 1 amide bonds. The van der Waals surface area contributed by atoms with Gasteiger partial charge in [0.15, 0.2) is 0 Å². The van der Waals surface area contributed by atoms with Crippen molar-refractivity contribution in [1.29, 1.82) is 0 Å². The van der Waals surface area contributed by atoms with Gasteiger partial charge in [0.05, 0.1) is 11.9 Å². The van der Waals surface area contributed by atoms with E-state index in [1.807, 2.05) is 4.72 Å². The average molecular weight is 261 g/mol. The summed E-state index contributed by atoms with van der Waals surface area (Å²) in [6, 6.07) is 0. The zero-order valence-corrected chi connectivity index (χ0v) is 10.7. The van der Waals surface area contributed by atoms with Crippen molar-refractivity contribution < 1.29 is 17.9 Å². The maximum Gasteiger partial charge on any atom is 0.237 e. The number of amides is 1. The van der Waals surface area contributed by atoms with Gasteiger partial charge in [-0.2, -0.15) is 0 Å². The third kappa shape index (κ3) is 5.83. The molecule has 1 unspecified atom stereocenters. The van der Waals surface area contributed by atoms with Crippen molar-refractivity contribution in [1.82, 2.24) is 4.72 Å². The van der Waals surface area contributed by atoms with Gasteiger partial charge >= 0.3 is 0 Å². The summed E-state index contributed by atoms with van der Waals surface area (Å²) in [7, 11) is -3.57. The van der Waals surface area contributed by atoms with Crippen molar-refractivity contribution in [2.75, 3.05) is 12.4 Å². The number of carbonyl (C=O) groups is 1. The Morgan fingerprint density at radius 1 is 1.47 bits per heavy atom. The maximum atomic E-state index is 11.6. The van der Waals surface area contributed by atoms with E-state index in [9.17, 15) is 13.2 Å². The van der Waals surface area contributed by atoms with Gasteiger partial charge in [-0.25, -0.2) is 8.42 Å². The molecule has 1 atom stereocenters. The molecule has 1 aliphatic rings. The van der Waals surface area contributed by atoms with Crippen LogP contribution in [0, 0.1) is 0 Å². The van der Waals surface area contributed by atoms with Crippen LogP contribution < -0.4 is 4.72 Å². The fourth-order valence-corrected chi connectivity index (χ4v) is 2.97. The van der Waals surface area contributed by atoms with E-state index in [4.69, 9.17) is 4.74 Å². The molecule has 1 N–H and O–H groups in total. The Morgan fingerprint density at radius 2 is 2.24 bits per heavy atom. The highest BCUT2D eigenvalue weighted by Crippen LogP contribution is 2.14. The van der Waals surface area contributed by atoms with E-state index in [0.717, 1.165) is 19.3 Å². The summed E-state index contributed by atoms with van der Waals surface area (Å²) in [5.41, 5.74) is 0. The van der Waals surface area contributed by atoms with Gasteiger partial charge in [0.1, 0.15) is 0 Å². The second-order valence-corrected chi connectivity index (χ2v) is 5.89. The first-order valence-electron chi connectivity index (χ1n) is 5.79. The molecule has 0 saturated carbocycles. The molecule has 1 aliphatic heterocycles. The van der Waals surface area contributed by atoms with Crippen molar-refractivity contribution in [2.45, 2.75) is 38.2 Å². The largest absolute Gasteiger partial charge is 0.377 e. The van der Waals surface area contributed by atoms with Crippen molar-refractivity contribution in [2.24, 2.45) is 0 Å². The van der Waals surface area contributed by atoms with Crippen LogP contribution >= 0.6 is 0 Å². The lowest BCUT2D eigenvalue weighted by atomic mass is 10.1. The van der Waals surface area contributed by atoms with E-state index in [1.165, 1.54) is 0 Å². The average Bonchev–Trinajstić information content (AvgIpc) is 2.26. The van der Waals surface area contributed by atoms with Gasteiger partial charge in [-0.1, -0.05) is 6.08 Å². The minimum Gasteiger partial charge on any atom is -0.377 e. The molecule has 17 heavy (non-hydrogen) atoms. The second kappa shape index (κ2) is 6.76. The monoisotopic (exact) mass is 261 g/mol. The highest BCUT2D eigenvalue weighted by molar-refractivity contribution is 7.90. The Balaban J connectivity index is 2.39. The first-order valence-corrected chi connectivity index (χ1v) is 7.44. The molecule has 0 aromatic rings. The highest BCUT2D eigenvalue weighted by Gasteiger charge is 2.23. The van der Waals surface area contributed by atoms with E-state index in [0.29, 0.717) is 13.0 Å². The summed E-state index contributed by atoms with van der Waals surface area (Å²) >= 11 is 0. The van der Waals surface area contributed by atoms with E-state index < -0.39 is 15.9 Å². The number of hydrogen-bond acceptors (Lipinski definition) is 4. The summed E-state index contributed by atoms with van der Waals surface area (Å²) < 4.78 is 30.6. The van der Waals surface area contributed by atoms with Crippen LogP contribution in [0.2, 0.25) is 0 Å². The zero-order valence-electron chi connectivity index (χ0n) is 9.85. The predicted octanol–water partition coefficient (Wildman–Crippen LogP) is 0.968. The topological polar surface area (TPSA) is 72.5 Å². The number of hydrogen-bond donors (Lipinski definition) is 1. The highest BCUT2D eigenvalue weighted by atomic mass is 32.2. The Hall–Kier alpha value is -0.880. The van der Waals surface area contributed by atoms with Crippen molar-refractivity contribution in [3.63, 3.8) is 0 Å². The Bertz CT molecular complexity index is 358. The fourth-order valence-electron chi connectivity index (χ4n) is 1.68. The van der Waals surface area contributed by atoms with Crippen LogP contribution in [0.1, 0.15) is 32.1 Å². The summed E-state index contributed by atoms with van der Waals surface area (Å²) in [4.78, 5) is 11.3. The van der Waals surface area contributed by atoms with E-state index in [1.54, 1.807) is 6.08 Å². The molecule has 0 bridgehead atoms. The molecule has 0 aromatic carbocycles. The molecule has 6 heteroatoms. The molecule has 0 spiro atoms. The van der Waals surface area contributed by atoms with Gasteiger partial charge < -0.3 is 4.74 Å². The molecular weight excluding hydrogens is 242 g/mol. The van der Waals surface area contributed by atoms with Crippen LogP contribution in [0.25, 0.3) is 0 Å². The summed E-state index contributed by atoms with van der Waals surface area (Å²) in [6.07, 6.45) is 4.61. The van der Waals surface area contributed by atoms with E-state index in [2.05, 4.69) is 6.58 Å². The van der Waals surface area contributed by atoms with E-state index >= 15 is 0 Å². The molecule has 1 rings (SSSR count). The molecule has 98 valence electrons. The molecular formula is C11H19NO4S. The molecule has 1 fully saturated rings. The van der Waals surface area contributed by atoms with E-state index in [-0.39, 0.29) is 18.3 Å². The number of carbonyl (C=O) groups excluding carboxylic acids is 1. The molecule has 0 aliphatic carbocycles. The molecule has 1 saturated heterocycles. The van der Waals surface area contributed by atoms with Crippen LogP contribution in [-0.2, 0) is 19.6 Å². The van der Waals surface area contributed by atoms with Crippen molar-refractivity contribution in [3.8, 4) is 0 Å². The molecule has 1 heterocycles. The number of allylic oxidation sites excluding steroid dienone is 1. The first kappa shape index (κ1) is 14.2. The Morgan fingerprint density at radius 3 is 2.82 bits per heavy atom. The van der Waals surface area contributed by atoms with Crippen LogP contribution in [0.5, 0.6) is 0 Å². The number of rotatable bonds is 6. The zero-order chi connectivity index (χ0) is 12.7. The predicted molar refractivity (Wildman–Crippen MR) is 65.0 cm³/mol. The third-order valence-electron chi connectivity index (χ3n) is 2.52. The minimum absolute atomic E-state index is 0.132. The maximum absolute atomic E-state index is 11.6. The molecule has 0 radical (unpaired) electrons. The lowest BCUT2D eigenvalue weighted by molar-refractivity contribution is -0.119. The molecule has 5 nitrogen and oxygen atoms in total. The number of ether oxygens (including phenoxy) is 1. The number of nitrogens with one attached hydrogen (secondary N) is 1. The minimum atomic E-state index is -3.57. The lowest BCUT2D eigenvalue weighted by Gasteiger charge is -2.22. The third-order valence-corrected chi connectivity index (χ3v) is 3.87. The Kier molecular flexibility index (Phi) is 5.64. The van der Waals surface area contributed by atoms with Crippen molar-refractivity contribution >= 4 is 15.9 Å². The van der Waals surface area contributed by atoms with Crippen molar-refractivity contribution in [3.05, 3.63) is 12.7 Å². The lowest BCUT2D eigenvalue weighted by Crippen LogP contribution is -2.38. The van der Waals surface area contributed by atoms with Gasteiger partial charge in [0.25, 0.3) is 0 Å². The fraction of sp³-hybridized carbons (Fsp3) is 0.727. The second-order valence-electron chi connectivity index (χ2n) is 4.12. The van der Waals surface area contributed by atoms with Crippen LogP contribution in [0.4, 0.5) is 0 Å². The summed E-state index contributed by atoms with van der Waals surface area (Å²) in [5.74, 6) is -0.618. The smallest absolute Gasteiger partial charge is 0.237 e. The van der Waals surface area contributed by atoms with Gasteiger partial charge in [-0.05, 0) is 25.7 Å². The normalized spacial score (nSPS) is 20.8. The van der Waals surface area contributed by atoms with Crippen LogP contribution in [0.15, 0.2) is 12.7 Å². The SMILES string of the molecule is C=CCCC(=O)NS(=O)(=O)CC1CCCCO1. The van der Waals surface area contributed by atoms with Gasteiger partial charge in [-0.15, -0.1) is 6.58 Å². The van der Waals surface area contributed by atoms with Gasteiger partial charge in [0, 0.05) is 13.0 Å². The van der Waals surface area contributed by atoms with Gasteiger partial charge in [0.2, 0.25) is 15.9 Å². The molecule has 0 aromatic heterocycles. The Labute approximate surface area is 102 Å². The van der Waals surface area contributed by atoms with Crippen LogP contribution in [-0.4, -0.2) is 32.8 Å². The van der Waals surface area contributed by atoms with Gasteiger partial charge in [-0.3, -0.25) is 9.52 Å². The standard InChI is InChI=1S/C11H19NO4S/c1-2-3-7-11(13)12-17(14,15)9-10-6-4-5-8-16-10/h2,10H,1,3-9H2,(H,12,13). The summed E-state index contributed by atoms with van der Waals surface area (Å²) in [6.45, 7) is 4.08. The first-order chi connectivity index (χ1) is 8.03. The quantitative estimate of drug-likeness (QED) is 0.723.